The predicted molar refractivity (Wildman–Crippen MR) is 117 cm³/mol. The highest BCUT2D eigenvalue weighted by molar-refractivity contribution is 6.79. The van der Waals surface area contributed by atoms with Crippen LogP contribution >= 0.6 is 0 Å². The minimum atomic E-state index is -3.43. The molecule has 1 rings (SSSR count). The standard InChI is InChI=1S/C17H40O10Si3/c1-22-30(21,10-5-8-23-13-16(20)12-19)27-28(26-29(2,3)11-6-18)9-4-7-24-14-17-15-25-17/h16-21,28H,4-15H2,1-3H3. The van der Waals surface area contributed by atoms with Crippen LogP contribution in [0.5, 0.6) is 0 Å². The van der Waals surface area contributed by atoms with Crippen LogP contribution in [0.1, 0.15) is 12.8 Å². The molecule has 4 N–H and O–H groups in total. The Morgan fingerprint density at radius 3 is 2.40 bits per heavy atom. The molecule has 0 spiro atoms. The van der Waals surface area contributed by atoms with Crippen molar-refractivity contribution in [3.05, 3.63) is 0 Å². The zero-order valence-corrected chi connectivity index (χ0v) is 21.6. The fraction of sp³-hybridized carbons (Fsp3) is 1.00. The van der Waals surface area contributed by atoms with E-state index in [2.05, 4.69) is 0 Å². The van der Waals surface area contributed by atoms with Crippen molar-refractivity contribution in [3.8, 4) is 0 Å². The van der Waals surface area contributed by atoms with Gasteiger partial charge in [-0.1, -0.05) is 0 Å². The van der Waals surface area contributed by atoms with Crippen LogP contribution in [0, 0.1) is 0 Å². The van der Waals surface area contributed by atoms with Crippen molar-refractivity contribution >= 4 is 26.4 Å². The molecule has 10 nitrogen and oxygen atoms in total. The second-order valence-corrected chi connectivity index (χ2v) is 17.7. The van der Waals surface area contributed by atoms with Crippen LogP contribution < -0.4 is 0 Å². The molecule has 180 valence electrons. The molecule has 13 heteroatoms. The lowest BCUT2D eigenvalue weighted by Gasteiger charge is -2.33. The number of rotatable bonds is 20. The monoisotopic (exact) mass is 488 g/mol. The number of hydrogen-bond acceptors (Lipinski definition) is 10. The van der Waals surface area contributed by atoms with Crippen molar-refractivity contribution < 1.29 is 47.0 Å². The Balaban J connectivity index is 2.48. The van der Waals surface area contributed by atoms with E-state index in [1.165, 1.54) is 7.11 Å². The van der Waals surface area contributed by atoms with E-state index in [-0.39, 0.29) is 25.9 Å². The van der Waals surface area contributed by atoms with Crippen molar-refractivity contribution in [2.24, 2.45) is 0 Å². The van der Waals surface area contributed by atoms with Crippen LogP contribution in [0.3, 0.4) is 0 Å². The molecule has 30 heavy (non-hydrogen) atoms. The summed E-state index contributed by atoms with van der Waals surface area (Å²) < 4.78 is 33.7. The average Bonchev–Trinajstić information content (AvgIpc) is 3.51. The topological polar surface area (TPSA) is 140 Å². The molecule has 1 heterocycles. The molecular weight excluding hydrogens is 448 g/mol. The van der Waals surface area contributed by atoms with Gasteiger partial charge < -0.3 is 47.0 Å². The van der Waals surface area contributed by atoms with E-state index in [0.717, 1.165) is 13.0 Å². The molecule has 0 aromatic heterocycles. The van der Waals surface area contributed by atoms with Crippen LogP contribution in [0.15, 0.2) is 0 Å². The van der Waals surface area contributed by atoms with Crippen molar-refractivity contribution in [1.29, 1.82) is 0 Å². The molecule has 0 saturated carbocycles. The van der Waals surface area contributed by atoms with E-state index in [0.29, 0.717) is 44.4 Å². The molecule has 0 aromatic rings. The van der Waals surface area contributed by atoms with Crippen molar-refractivity contribution in [3.63, 3.8) is 0 Å². The molecule has 4 atom stereocenters. The van der Waals surface area contributed by atoms with E-state index in [4.69, 9.17) is 32.0 Å². The predicted octanol–water partition coefficient (Wildman–Crippen LogP) is -0.419. The molecule has 0 bridgehead atoms. The fourth-order valence-corrected chi connectivity index (χ4v) is 11.9. The average molecular weight is 489 g/mol. The Bertz CT molecular complexity index is 444. The molecule has 1 aliphatic heterocycles. The number of hydrogen-bond donors (Lipinski definition) is 4. The second kappa shape index (κ2) is 15.2. The smallest absolute Gasteiger partial charge is 0.438 e. The molecule has 0 radical (unpaired) electrons. The Morgan fingerprint density at radius 1 is 1.10 bits per heavy atom. The van der Waals surface area contributed by atoms with Gasteiger partial charge in [-0.15, -0.1) is 0 Å². The van der Waals surface area contributed by atoms with E-state index in [9.17, 15) is 15.0 Å². The maximum atomic E-state index is 10.9. The fourth-order valence-electron chi connectivity index (χ4n) is 2.64. The van der Waals surface area contributed by atoms with Crippen LogP contribution in [-0.2, 0) is 26.9 Å². The summed E-state index contributed by atoms with van der Waals surface area (Å²) in [6.07, 6.45) is 0.576. The highest BCUT2D eigenvalue weighted by Crippen LogP contribution is 2.21. The first-order valence-corrected chi connectivity index (χ1v) is 17.4. The third-order valence-electron chi connectivity index (χ3n) is 4.54. The minimum Gasteiger partial charge on any atom is -0.438 e. The van der Waals surface area contributed by atoms with Gasteiger partial charge in [0.2, 0.25) is 0 Å². The van der Waals surface area contributed by atoms with Gasteiger partial charge in [-0.3, -0.25) is 0 Å². The quantitative estimate of drug-likeness (QED) is 0.101. The first-order valence-electron chi connectivity index (χ1n) is 10.5. The normalized spacial score (nSPS) is 20.7. The minimum absolute atomic E-state index is 0.0393. The van der Waals surface area contributed by atoms with Crippen molar-refractivity contribution in [2.45, 2.75) is 56.3 Å². The maximum absolute atomic E-state index is 10.9. The summed E-state index contributed by atoms with van der Waals surface area (Å²) in [7, 11) is -6.36. The zero-order valence-electron chi connectivity index (χ0n) is 18.5. The van der Waals surface area contributed by atoms with Gasteiger partial charge in [0.15, 0.2) is 8.32 Å². The summed E-state index contributed by atoms with van der Waals surface area (Å²) in [6, 6.07) is 1.58. The Kier molecular flexibility index (Phi) is 14.3. The van der Waals surface area contributed by atoms with E-state index in [1.807, 2.05) is 13.1 Å². The Labute approximate surface area is 183 Å². The summed E-state index contributed by atoms with van der Waals surface area (Å²) in [5.74, 6) is 0. The molecule has 0 aromatic carbocycles. The van der Waals surface area contributed by atoms with Gasteiger partial charge in [-0.05, 0) is 38.0 Å². The van der Waals surface area contributed by atoms with E-state index in [1.54, 1.807) is 0 Å². The first-order chi connectivity index (χ1) is 14.2. The van der Waals surface area contributed by atoms with Gasteiger partial charge in [-0.25, -0.2) is 0 Å². The van der Waals surface area contributed by atoms with Crippen LogP contribution in [0.4, 0.5) is 0 Å². The van der Waals surface area contributed by atoms with Crippen molar-refractivity contribution in [1.82, 2.24) is 0 Å². The number of ether oxygens (including phenoxy) is 3. The molecule has 1 saturated heterocycles. The van der Waals surface area contributed by atoms with E-state index >= 15 is 0 Å². The summed E-state index contributed by atoms with van der Waals surface area (Å²) in [5.41, 5.74) is 0. The third-order valence-corrected chi connectivity index (χ3v) is 14.6. The highest BCUT2D eigenvalue weighted by Gasteiger charge is 2.40. The summed E-state index contributed by atoms with van der Waals surface area (Å²) in [6.45, 7) is 6.06. The van der Waals surface area contributed by atoms with Crippen LogP contribution in [0.2, 0.25) is 31.2 Å². The lowest BCUT2D eigenvalue weighted by atomic mass is 10.4. The Morgan fingerprint density at radius 2 is 1.80 bits per heavy atom. The molecule has 0 amide bonds. The summed E-state index contributed by atoms with van der Waals surface area (Å²) in [5, 5.41) is 27.4. The maximum Gasteiger partial charge on any atom is 0.488 e. The highest BCUT2D eigenvalue weighted by atomic mass is 28.5. The molecule has 4 unspecified atom stereocenters. The van der Waals surface area contributed by atoms with Gasteiger partial charge in [0.05, 0.1) is 26.4 Å². The van der Waals surface area contributed by atoms with E-state index < -0.39 is 32.5 Å². The molecule has 0 aliphatic carbocycles. The van der Waals surface area contributed by atoms with Gasteiger partial charge in [0, 0.05) is 33.0 Å². The summed E-state index contributed by atoms with van der Waals surface area (Å²) >= 11 is 0. The number of aliphatic hydroxyl groups excluding tert-OH is 3. The Hall–Kier alpha value is 0.251. The lowest BCUT2D eigenvalue weighted by Crippen LogP contribution is -2.50. The largest absolute Gasteiger partial charge is 0.488 e. The van der Waals surface area contributed by atoms with Crippen LogP contribution in [0.25, 0.3) is 0 Å². The molecular formula is C17H40O10Si3. The molecule has 1 fully saturated rings. The van der Waals surface area contributed by atoms with Crippen molar-refractivity contribution in [2.75, 3.05) is 53.4 Å². The summed E-state index contributed by atoms with van der Waals surface area (Å²) in [4.78, 5) is 10.9. The molecule has 1 aliphatic rings. The van der Waals surface area contributed by atoms with Crippen LogP contribution in [-0.4, -0.2) is 112 Å². The van der Waals surface area contributed by atoms with Gasteiger partial charge >= 0.3 is 18.1 Å². The van der Waals surface area contributed by atoms with Gasteiger partial charge in [0.25, 0.3) is 0 Å². The van der Waals surface area contributed by atoms with Gasteiger partial charge in [0.1, 0.15) is 12.2 Å². The third kappa shape index (κ3) is 13.6. The lowest BCUT2D eigenvalue weighted by molar-refractivity contribution is 0.00579. The first kappa shape index (κ1) is 28.3. The SMILES string of the molecule is CO[Si](O)(CCCOCC(O)CO)O[SiH](CCCOCC1CO1)O[Si](C)(C)CCO. The van der Waals surface area contributed by atoms with Gasteiger partial charge in [-0.2, -0.15) is 0 Å². The number of aliphatic hydroxyl groups is 3. The number of epoxide rings is 1. The zero-order chi connectivity index (χ0) is 22.5. The second-order valence-electron chi connectivity index (χ2n) is 8.00.